The maximum Gasteiger partial charge on any atom is 0.359 e. The molecule has 0 radical (unpaired) electrons. The van der Waals surface area contributed by atoms with Crippen molar-refractivity contribution in [3.63, 3.8) is 0 Å². The highest BCUT2D eigenvalue weighted by molar-refractivity contribution is 6.74. The molecule has 0 amide bonds. The molecule has 0 unspecified atom stereocenters. The topological polar surface area (TPSA) is 66.8 Å². The highest BCUT2D eigenvalue weighted by atomic mass is 28.4. The van der Waals surface area contributed by atoms with E-state index in [2.05, 4.69) is 33.9 Å². The van der Waals surface area contributed by atoms with E-state index >= 15 is 0 Å². The fourth-order valence-electron chi connectivity index (χ4n) is 2.88. The van der Waals surface area contributed by atoms with Gasteiger partial charge in [0.25, 0.3) is 0 Å². The Morgan fingerprint density at radius 2 is 1.59 bits per heavy atom. The van der Waals surface area contributed by atoms with Crippen molar-refractivity contribution in [1.82, 2.24) is 4.57 Å². The van der Waals surface area contributed by atoms with Crippen LogP contribution in [0.15, 0.2) is 36.4 Å². The van der Waals surface area contributed by atoms with E-state index in [1.165, 1.54) is 6.92 Å². The van der Waals surface area contributed by atoms with Gasteiger partial charge in [-0.2, -0.15) is 0 Å². The molecule has 0 spiro atoms. The van der Waals surface area contributed by atoms with Crippen molar-refractivity contribution in [2.75, 3.05) is 0 Å². The van der Waals surface area contributed by atoms with Crippen molar-refractivity contribution in [2.24, 2.45) is 0 Å². The number of aromatic nitrogens is 1. The molecule has 0 fully saturated rings. The van der Waals surface area contributed by atoms with E-state index in [1.807, 2.05) is 55.7 Å². The number of carbonyl (C=O) groups excluding carboxylic acids is 2. The van der Waals surface area contributed by atoms with Gasteiger partial charge in [-0.05, 0) is 44.5 Å². The van der Waals surface area contributed by atoms with Crippen LogP contribution in [0.25, 0.3) is 0 Å². The van der Waals surface area contributed by atoms with Gasteiger partial charge in [-0.15, -0.1) is 0 Å². The number of esters is 2. The monoisotopic (exact) mass is 459 g/mol. The minimum Gasteiger partial charge on any atom is -0.455 e. The molecule has 7 heteroatoms. The first-order chi connectivity index (χ1) is 14.6. The van der Waals surface area contributed by atoms with Crippen molar-refractivity contribution in [1.29, 1.82) is 0 Å². The van der Waals surface area contributed by atoms with Gasteiger partial charge in [0.1, 0.15) is 5.60 Å². The lowest BCUT2D eigenvalue weighted by molar-refractivity contribution is -0.131. The van der Waals surface area contributed by atoms with Crippen molar-refractivity contribution in [2.45, 2.75) is 85.4 Å². The molecule has 1 heterocycles. The Bertz CT molecular complexity index is 949. The van der Waals surface area contributed by atoms with Crippen LogP contribution in [-0.4, -0.2) is 30.4 Å². The van der Waals surface area contributed by atoms with E-state index in [0.717, 1.165) is 11.3 Å². The van der Waals surface area contributed by atoms with Gasteiger partial charge < -0.3 is 18.5 Å². The Morgan fingerprint density at radius 1 is 1.00 bits per heavy atom. The number of hydrogen-bond donors (Lipinski definition) is 0. The van der Waals surface area contributed by atoms with E-state index < -0.39 is 25.9 Å². The summed E-state index contributed by atoms with van der Waals surface area (Å²) >= 11 is 0. The van der Waals surface area contributed by atoms with Gasteiger partial charge in [0.05, 0.1) is 6.61 Å². The van der Waals surface area contributed by atoms with Crippen LogP contribution in [0, 0.1) is 0 Å². The Balaban J connectivity index is 2.57. The van der Waals surface area contributed by atoms with Crippen LogP contribution in [0.1, 0.15) is 70.2 Å². The molecule has 0 aliphatic carbocycles. The summed E-state index contributed by atoms with van der Waals surface area (Å²) in [4.78, 5) is 25.0. The lowest BCUT2D eigenvalue weighted by Crippen LogP contribution is -2.40. The van der Waals surface area contributed by atoms with Gasteiger partial charge in [-0.25, -0.2) is 4.79 Å². The van der Waals surface area contributed by atoms with Crippen LogP contribution < -0.4 is 4.74 Å². The highest BCUT2D eigenvalue weighted by Gasteiger charge is 2.38. The summed E-state index contributed by atoms with van der Waals surface area (Å²) in [5.41, 5.74) is 1.30. The van der Waals surface area contributed by atoms with Gasteiger partial charge >= 0.3 is 11.9 Å². The molecule has 2 rings (SSSR count). The van der Waals surface area contributed by atoms with Crippen molar-refractivity contribution in [3.05, 3.63) is 53.3 Å². The number of rotatable bonds is 7. The average molecular weight is 460 g/mol. The van der Waals surface area contributed by atoms with Gasteiger partial charge in [0, 0.05) is 25.2 Å². The summed E-state index contributed by atoms with van der Waals surface area (Å²) in [5, 5.41) is 0.0383. The van der Waals surface area contributed by atoms with Crippen LogP contribution in [-0.2, 0) is 27.1 Å². The molecule has 176 valence electrons. The maximum atomic E-state index is 13.2. The highest BCUT2D eigenvalue weighted by Crippen LogP contribution is 2.38. The number of nitrogens with zero attached hydrogens (tertiary/aromatic N) is 1. The Labute approximate surface area is 193 Å². The van der Waals surface area contributed by atoms with Gasteiger partial charge in [-0.1, -0.05) is 51.1 Å². The van der Waals surface area contributed by atoms with E-state index in [9.17, 15) is 9.59 Å². The van der Waals surface area contributed by atoms with Gasteiger partial charge in [0.15, 0.2) is 19.8 Å². The Morgan fingerprint density at radius 3 is 2.09 bits per heavy atom. The molecule has 32 heavy (non-hydrogen) atoms. The fraction of sp³-hybridized carbons (Fsp3) is 0.520. The molecule has 1 aromatic heterocycles. The van der Waals surface area contributed by atoms with Gasteiger partial charge in [-0.3, -0.25) is 4.79 Å². The third-order valence-electron chi connectivity index (χ3n) is 5.56. The smallest absolute Gasteiger partial charge is 0.359 e. The van der Waals surface area contributed by atoms with Crippen LogP contribution in [0.5, 0.6) is 5.75 Å². The lowest BCUT2D eigenvalue weighted by atomic mass is 10.2. The summed E-state index contributed by atoms with van der Waals surface area (Å²) in [5.74, 6) is -0.844. The van der Waals surface area contributed by atoms with E-state index in [1.54, 1.807) is 6.07 Å². The molecule has 1 aromatic carbocycles. The molecular weight excluding hydrogens is 422 g/mol. The van der Waals surface area contributed by atoms with Crippen LogP contribution in [0.2, 0.25) is 18.1 Å². The SMILES string of the molecule is CC(=O)Oc1cc(CO[Si](C)(C)C(C)(C)C)n(Cc2ccccc2)c1C(=O)OC(C)(C)C. The Hall–Kier alpha value is -2.38. The first-order valence-electron chi connectivity index (χ1n) is 10.9. The number of carbonyl (C=O) groups is 2. The lowest BCUT2D eigenvalue weighted by Gasteiger charge is -2.36. The van der Waals surface area contributed by atoms with E-state index in [0.29, 0.717) is 13.2 Å². The molecule has 0 saturated carbocycles. The number of benzene rings is 1. The zero-order chi connectivity index (χ0) is 24.3. The molecule has 0 aliphatic rings. The number of ether oxygens (including phenoxy) is 2. The molecule has 0 saturated heterocycles. The molecule has 6 nitrogen and oxygen atoms in total. The maximum absolute atomic E-state index is 13.2. The van der Waals surface area contributed by atoms with Crippen molar-refractivity contribution in [3.8, 4) is 5.75 Å². The van der Waals surface area contributed by atoms with Crippen molar-refractivity contribution < 1.29 is 23.5 Å². The predicted octanol–water partition coefficient (Wildman–Crippen LogP) is 5.94. The molecule has 0 aliphatic heterocycles. The minimum absolute atomic E-state index is 0.0383. The predicted molar refractivity (Wildman–Crippen MR) is 128 cm³/mol. The summed E-state index contributed by atoms with van der Waals surface area (Å²) in [7, 11) is -2.05. The molecule has 0 atom stereocenters. The second kappa shape index (κ2) is 9.63. The summed E-state index contributed by atoms with van der Waals surface area (Å²) in [6.07, 6.45) is 0. The zero-order valence-corrected chi connectivity index (χ0v) is 21.9. The van der Waals surface area contributed by atoms with Gasteiger partial charge in [0.2, 0.25) is 0 Å². The first-order valence-corrected chi connectivity index (χ1v) is 13.8. The quantitative estimate of drug-likeness (QED) is 0.379. The second-order valence-electron chi connectivity index (χ2n) is 10.6. The fourth-order valence-corrected chi connectivity index (χ4v) is 3.82. The molecule has 0 bridgehead atoms. The first kappa shape index (κ1) is 25.9. The van der Waals surface area contributed by atoms with Crippen LogP contribution >= 0.6 is 0 Å². The largest absolute Gasteiger partial charge is 0.455 e. The normalized spacial score (nSPS) is 12.5. The molecule has 0 N–H and O–H groups in total. The second-order valence-corrected chi connectivity index (χ2v) is 15.4. The third kappa shape index (κ3) is 6.81. The molecular formula is C25H37NO5Si. The standard InChI is InChI=1S/C25H37NO5Si/c1-18(27)30-21-15-20(17-29-32(8,9)25(5,6)7)26(16-19-13-11-10-12-14-19)22(21)23(28)31-24(2,3)4/h10-15H,16-17H2,1-9H3. The van der Waals surface area contributed by atoms with Crippen LogP contribution in [0.3, 0.4) is 0 Å². The summed E-state index contributed by atoms with van der Waals surface area (Å²) in [6.45, 7) is 18.4. The van der Waals surface area contributed by atoms with E-state index in [4.69, 9.17) is 13.9 Å². The van der Waals surface area contributed by atoms with Crippen molar-refractivity contribution >= 4 is 20.3 Å². The van der Waals surface area contributed by atoms with E-state index in [-0.39, 0.29) is 16.5 Å². The number of hydrogen-bond acceptors (Lipinski definition) is 5. The zero-order valence-electron chi connectivity index (χ0n) is 20.9. The minimum atomic E-state index is -2.05. The Kier molecular flexibility index (Phi) is 7.78. The van der Waals surface area contributed by atoms with Crippen LogP contribution in [0.4, 0.5) is 0 Å². The average Bonchev–Trinajstić information content (AvgIpc) is 2.95. The molecule has 2 aromatic rings. The third-order valence-corrected chi connectivity index (χ3v) is 10.0. The summed E-state index contributed by atoms with van der Waals surface area (Å²) < 4.78 is 19.4. The summed E-state index contributed by atoms with van der Waals surface area (Å²) in [6, 6.07) is 11.5.